The molecular weight excluding hydrogens is 484 g/mol. The van der Waals surface area contributed by atoms with Crippen LogP contribution >= 0.6 is 0 Å². The highest BCUT2D eigenvalue weighted by molar-refractivity contribution is 5.74. The average molecular weight is 543 g/mol. The van der Waals surface area contributed by atoms with Gasteiger partial charge in [-0.05, 0) is 117 Å². The molecule has 39 heavy (non-hydrogen) atoms. The van der Waals surface area contributed by atoms with E-state index in [0.717, 1.165) is 38.7 Å². The molecule has 0 aromatic carbocycles. The van der Waals surface area contributed by atoms with E-state index in [1.54, 1.807) is 0 Å². The van der Waals surface area contributed by atoms with Gasteiger partial charge >= 0.3 is 5.97 Å². The van der Waals surface area contributed by atoms with Crippen LogP contribution in [-0.2, 0) is 9.53 Å². The molecule has 0 amide bonds. The zero-order chi connectivity index (χ0) is 28.1. The van der Waals surface area contributed by atoms with Crippen molar-refractivity contribution in [2.24, 2.45) is 56.2 Å². The van der Waals surface area contributed by atoms with Gasteiger partial charge in [-0.3, -0.25) is 4.79 Å². The lowest BCUT2D eigenvalue weighted by atomic mass is 9.29. The van der Waals surface area contributed by atoms with Crippen LogP contribution < -0.4 is 0 Å². The first-order valence-corrected chi connectivity index (χ1v) is 16.9. The summed E-state index contributed by atoms with van der Waals surface area (Å²) in [5, 5.41) is 21.7. The molecule has 1 saturated heterocycles. The lowest BCUT2D eigenvalue weighted by Gasteiger charge is -2.75. The van der Waals surface area contributed by atoms with Crippen molar-refractivity contribution < 1.29 is 19.7 Å². The molecule has 4 heteroatoms. The topological polar surface area (TPSA) is 66.8 Å². The third-order valence-corrected chi connectivity index (χ3v) is 15.7. The Morgan fingerprint density at radius 1 is 0.846 bits per heavy atom. The number of unbranched alkanes of at least 4 members (excludes halogenated alkanes) is 3. The molecule has 6 rings (SSSR count). The van der Waals surface area contributed by atoms with Gasteiger partial charge in [0.25, 0.3) is 0 Å². The summed E-state index contributed by atoms with van der Waals surface area (Å²) < 4.78 is 6.22. The van der Waals surface area contributed by atoms with Gasteiger partial charge in [0.05, 0.1) is 12.0 Å². The molecule has 11 atom stereocenters. The van der Waals surface area contributed by atoms with Gasteiger partial charge in [0.1, 0.15) is 0 Å². The molecule has 1 heterocycles. The van der Waals surface area contributed by atoms with Crippen molar-refractivity contribution in [3.05, 3.63) is 0 Å². The maximum atomic E-state index is 12.6. The SMILES string of the molecule is CCCCCC[C@@]12CC[C@@]3(C)[C@@H]4CC[C@]5(O)OC[C@@]4(CC[C@@H]3[C@@]1(C)CC[C@@]1(C)CC[C@@](C)(C(=O)O)C[C@H]12)[C@H]5C. The van der Waals surface area contributed by atoms with Gasteiger partial charge in [0, 0.05) is 17.8 Å². The first kappa shape index (κ1) is 28.5. The van der Waals surface area contributed by atoms with Gasteiger partial charge in [0.2, 0.25) is 0 Å². The quantitative estimate of drug-likeness (QED) is 0.330. The number of carboxylic acids is 1. The second-order valence-corrected chi connectivity index (χ2v) is 16.9. The summed E-state index contributed by atoms with van der Waals surface area (Å²) in [6.07, 6.45) is 18.7. The monoisotopic (exact) mass is 542 g/mol. The van der Waals surface area contributed by atoms with E-state index in [-0.39, 0.29) is 33.0 Å². The van der Waals surface area contributed by atoms with Crippen LogP contribution in [0.2, 0.25) is 0 Å². The second kappa shape index (κ2) is 8.95. The minimum absolute atomic E-state index is 0.131. The molecule has 0 aromatic rings. The molecule has 2 N–H and O–H groups in total. The Balaban J connectivity index is 1.41. The van der Waals surface area contributed by atoms with Crippen molar-refractivity contribution in [1.82, 2.24) is 0 Å². The Hall–Kier alpha value is -0.610. The van der Waals surface area contributed by atoms with E-state index < -0.39 is 17.2 Å². The first-order chi connectivity index (χ1) is 18.3. The second-order valence-electron chi connectivity index (χ2n) is 16.9. The lowest BCUT2D eigenvalue weighted by molar-refractivity contribution is -0.274. The summed E-state index contributed by atoms with van der Waals surface area (Å²) in [6, 6.07) is 0. The minimum Gasteiger partial charge on any atom is -0.481 e. The number of fused-ring (bicyclic) bond motifs is 7. The average Bonchev–Trinajstić information content (AvgIpc) is 3.03. The summed E-state index contributed by atoms with van der Waals surface area (Å²) >= 11 is 0. The lowest BCUT2D eigenvalue weighted by Crippen LogP contribution is -2.69. The van der Waals surface area contributed by atoms with Crippen LogP contribution in [0.25, 0.3) is 0 Å². The summed E-state index contributed by atoms with van der Waals surface area (Å²) in [6.45, 7) is 15.3. The predicted octanol–water partition coefficient (Wildman–Crippen LogP) is 8.60. The molecule has 2 bridgehead atoms. The van der Waals surface area contributed by atoms with E-state index in [0.29, 0.717) is 17.8 Å². The van der Waals surface area contributed by atoms with Gasteiger partial charge in [-0.1, -0.05) is 60.3 Å². The molecule has 0 unspecified atom stereocenters. The van der Waals surface area contributed by atoms with Gasteiger partial charge in [-0.2, -0.15) is 0 Å². The molecule has 0 aromatic heterocycles. The molecule has 1 spiro atoms. The number of hydrogen-bond acceptors (Lipinski definition) is 3. The van der Waals surface area contributed by atoms with E-state index in [9.17, 15) is 15.0 Å². The highest BCUT2D eigenvalue weighted by Gasteiger charge is 2.75. The van der Waals surface area contributed by atoms with E-state index in [1.807, 2.05) is 0 Å². The van der Waals surface area contributed by atoms with Crippen LogP contribution in [0.4, 0.5) is 0 Å². The van der Waals surface area contributed by atoms with Crippen molar-refractivity contribution >= 4 is 5.97 Å². The standard InChI is InChI=1S/C35H58O4/c1-7-8-9-10-13-34-21-19-31(5)25(11-14-33-23-39-35(38,24(33)2)15-12-26(31)33)32(34,6)20-18-29(3)16-17-30(4,28(36)37)22-27(29)34/h24-27,38H,7-23H2,1-6H3,(H,36,37)/t24-,25+,26+,27-,29-,30-,31-,32-,33+,34+,35+/m1/s1. The zero-order valence-corrected chi connectivity index (χ0v) is 26.0. The van der Waals surface area contributed by atoms with E-state index in [2.05, 4.69) is 41.5 Å². The summed E-state index contributed by atoms with van der Waals surface area (Å²) in [5.74, 6) is 0.563. The van der Waals surface area contributed by atoms with Crippen molar-refractivity contribution in [3.63, 3.8) is 0 Å². The van der Waals surface area contributed by atoms with Crippen molar-refractivity contribution in [1.29, 1.82) is 0 Å². The highest BCUT2D eigenvalue weighted by Crippen LogP contribution is 2.80. The number of aliphatic carboxylic acids is 1. The van der Waals surface area contributed by atoms with E-state index in [1.165, 1.54) is 70.6 Å². The maximum Gasteiger partial charge on any atom is 0.309 e. The Bertz CT molecular complexity index is 995. The largest absolute Gasteiger partial charge is 0.481 e. The molecule has 5 aliphatic carbocycles. The molecule has 222 valence electrons. The van der Waals surface area contributed by atoms with Crippen molar-refractivity contribution in [3.8, 4) is 0 Å². The summed E-state index contributed by atoms with van der Waals surface area (Å²) in [7, 11) is 0. The summed E-state index contributed by atoms with van der Waals surface area (Å²) in [5.41, 5.74) is 0.601. The summed E-state index contributed by atoms with van der Waals surface area (Å²) in [4.78, 5) is 12.6. The highest BCUT2D eigenvalue weighted by atomic mass is 16.6. The van der Waals surface area contributed by atoms with Crippen LogP contribution in [0.3, 0.4) is 0 Å². The maximum absolute atomic E-state index is 12.6. The smallest absolute Gasteiger partial charge is 0.309 e. The predicted molar refractivity (Wildman–Crippen MR) is 155 cm³/mol. The minimum atomic E-state index is -0.905. The van der Waals surface area contributed by atoms with Gasteiger partial charge in [-0.15, -0.1) is 0 Å². The Morgan fingerprint density at radius 3 is 2.28 bits per heavy atom. The Kier molecular flexibility index (Phi) is 6.54. The molecule has 4 nitrogen and oxygen atoms in total. The molecule has 1 aliphatic heterocycles. The van der Waals surface area contributed by atoms with Crippen LogP contribution in [0, 0.1) is 56.2 Å². The van der Waals surface area contributed by atoms with Gasteiger partial charge in [-0.25, -0.2) is 0 Å². The molecule has 6 fully saturated rings. The molecule has 0 radical (unpaired) electrons. The number of carboxylic acid groups (broad SMARTS) is 1. The number of hydrogen-bond donors (Lipinski definition) is 2. The molecule has 5 saturated carbocycles. The van der Waals surface area contributed by atoms with E-state index in [4.69, 9.17) is 4.74 Å². The van der Waals surface area contributed by atoms with Crippen LogP contribution in [0.1, 0.15) is 144 Å². The fourth-order valence-corrected chi connectivity index (χ4v) is 13.1. The van der Waals surface area contributed by atoms with Crippen LogP contribution in [0.5, 0.6) is 0 Å². The van der Waals surface area contributed by atoms with E-state index >= 15 is 0 Å². The van der Waals surface area contributed by atoms with Crippen molar-refractivity contribution in [2.75, 3.05) is 6.61 Å². The third-order valence-electron chi connectivity index (χ3n) is 15.7. The normalized spacial score (nSPS) is 56.2. The van der Waals surface area contributed by atoms with Crippen LogP contribution in [0.15, 0.2) is 0 Å². The van der Waals surface area contributed by atoms with Gasteiger partial charge in [0.15, 0.2) is 5.79 Å². The molecule has 6 aliphatic rings. The fraction of sp³-hybridized carbons (Fsp3) is 0.971. The van der Waals surface area contributed by atoms with Crippen molar-refractivity contribution in [2.45, 2.75) is 150 Å². The first-order valence-electron chi connectivity index (χ1n) is 16.9. The number of carbonyl (C=O) groups is 1. The number of aliphatic hydroxyl groups is 1. The molecular formula is C35H58O4. The number of rotatable bonds is 6. The van der Waals surface area contributed by atoms with Crippen LogP contribution in [-0.4, -0.2) is 28.6 Å². The van der Waals surface area contributed by atoms with Gasteiger partial charge < -0.3 is 14.9 Å². The zero-order valence-electron chi connectivity index (χ0n) is 26.0. The third kappa shape index (κ3) is 3.58. The fourth-order valence-electron chi connectivity index (χ4n) is 13.1. The Morgan fingerprint density at radius 2 is 1.56 bits per heavy atom. The Labute approximate surface area is 238 Å². The number of ether oxygens (including phenoxy) is 1.